The van der Waals surface area contributed by atoms with Gasteiger partial charge < -0.3 is 9.88 Å². The Hall–Kier alpha value is -3.39. The number of benzene rings is 2. The predicted octanol–water partition coefficient (Wildman–Crippen LogP) is 3.54. The normalized spacial score (nSPS) is 11.1. The van der Waals surface area contributed by atoms with Gasteiger partial charge in [0.25, 0.3) is 10.0 Å². The van der Waals surface area contributed by atoms with Crippen molar-refractivity contribution in [1.29, 1.82) is 0 Å². The van der Waals surface area contributed by atoms with Crippen molar-refractivity contribution in [2.45, 2.75) is 24.8 Å². The zero-order valence-corrected chi connectivity index (χ0v) is 17.4. The van der Waals surface area contributed by atoms with Gasteiger partial charge >= 0.3 is 0 Å². The van der Waals surface area contributed by atoms with E-state index in [-0.39, 0.29) is 29.5 Å². The third-order valence-electron chi connectivity index (χ3n) is 4.63. The molecule has 7 nitrogen and oxygen atoms in total. The van der Waals surface area contributed by atoms with E-state index in [4.69, 9.17) is 0 Å². The summed E-state index contributed by atoms with van der Waals surface area (Å²) in [5.41, 5.74) is 1.25. The SMILES string of the molecule is CCN(c1ccccc1)S(=O)(=O)c1ccccc1NC(=O)CCn1cccc1C=O. The first-order chi connectivity index (χ1) is 14.5. The number of hydrogen-bond acceptors (Lipinski definition) is 4. The number of sulfonamides is 1. The molecular formula is C22H23N3O4S. The molecule has 2 aromatic carbocycles. The highest BCUT2D eigenvalue weighted by molar-refractivity contribution is 7.93. The number of amides is 1. The van der Waals surface area contributed by atoms with Gasteiger partial charge in [-0.25, -0.2) is 8.42 Å². The van der Waals surface area contributed by atoms with Crippen molar-refractivity contribution in [1.82, 2.24) is 4.57 Å². The summed E-state index contributed by atoms with van der Waals surface area (Å²) in [6.45, 7) is 2.32. The van der Waals surface area contributed by atoms with Gasteiger partial charge in [0.2, 0.25) is 5.91 Å². The van der Waals surface area contributed by atoms with Crippen molar-refractivity contribution in [2.75, 3.05) is 16.2 Å². The maximum atomic E-state index is 13.3. The molecule has 1 amide bonds. The van der Waals surface area contributed by atoms with Crippen LogP contribution < -0.4 is 9.62 Å². The van der Waals surface area contributed by atoms with Gasteiger partial charge in [-0.3, -0.25) is 13.9 Å². The quantitative estimate of drug-likeness (QED) is 0.531. The van der Waals surface area contributed by atoms with Crippen molar-refractivity contribution in [2.24, 2.45) is 0 Å². The lowest BCUT2D eigenvalue weighted by atomic mass is 10.3. The fourth-order valence-corrected chi connectivity index (χ4v) is 4.80. The van der Waals surface area contributed by atoms with Crippen molar-refractivity contribution in [3.8, 4) is 0 Å². The standard InChI is InChI=1S/C22H23N3O4S/c1-2-25(18-9-4-3-5-10-18)30(28,29)21-13-7-6-12-20(21)23-22(27)14-16-24-15-8-11-19(24)17-26/h3-13,15,17H,2,14,16H2,1H3,(H,23,27). The first-order valence-corrected chi connectivity index (χ1v) is 11.0. The van der Waals surface area contributed by atoms with E-state index < -0.39 is 10.0 Å². The van der Waals surface area contributed by atoms with Crippen LogP contribution in [0.1, 0.15) is 23.8 Å². The van der Waals surface area contributed by atoms with E-state index in [1.54, 1.807) is 72.3 Å². The number of aromatic nitrogens is 1. The summed E-state index contributed by atoms with van der Waals surface area (Å²) in [5.74, 6) is -0.342. The van der Waals surface area contributed by atoms with Crippen molar-refractivity contribution >= 4 is 33.6 Å². The minimum Gasteiger partial charge on any atom is -0.345 e. The molecule has 8 heteroatoms. The summed E-state index contributed by atoms with van der Waals surface area (Å²) in [4.78, 5) is 23.5. The van der Waals surface area contributed by atoms with Gasteiger partial charge in [0, 0.05) is 25.7 Å². The first-order valence-electron chi connectivity index (χ1n) is 9.54. The topological polar surface area (TPSA) is 88.5 Å². The Kier molecular flexibility index (Phi) is 6.68. The summed E-state index contributed by atoms with van der Waals surface area (Å²) in [6.07, 6.45) is 2.54. The third-order valence-corrected chi connectivity index (χ3v) is 6.59. The van der Waals surface area contributed by atoms with Gasteiger partial charge in [-0.2, -0.15) is 0 Å². The molecule has 156 valence electrons. The molecule has 0 fully saturated rings. The smallest absolute Gasteiger partial charge is 0.266 e. The highest BCUT2D eigenvalue weighted by atomic mass is 32.2. The molecule has 0 aliphatic heterocycles. The molecule has 3 rings (SSSR count). The summed E-state index contributed by atoms with van der Waals surface area (Å²) in [7, 11) is -3.88. The molecule has 0 aliphatic rings. The zero-order valence-electron chi connectivity index (χ0n) is 16.6. The van der Waals surface area contributed by atoms with Crippen molar-refractivity contribution in [3.05, 3.63) is 78.6 Å². The number of carbonyl (C=O) groups is 2. The number of aryl methyl sites for hydroxylation is 1. The van der Waals surface area contributed by atoms with Gasteiger partial charge in [-0.05, 0) is 43.3 Å². The molecule has 0 saturated carbocycles. The Morgan fingerprint density at radius 2 is 1.73 bits per heavy atom. The van der Waals surface area contributed by atoms with E-state index in [9.17, 15) is 18.0 Å². The number of nitrogens with zero attached hydrogens (tertiary/aromatic N) is 2. The van der Waals surface area contributed by atoms with E-state index in [1.807, 2.05) is 6.07 Å². The van der Waals surface area contributed by atoms with Crippen LogP contribution in [-0.2, 0) is 21.4 Å². The van der Waals surface area contributed by atoms with Crippen LogP contribution in [0.3, 0.4) is 0 Å². The highest BCUT2D eigenvalue weighted by Gasteiger charge is 2.26. The minimum absolute atomic E-state index is 0.0265. The largest absolute Gasteiger partial charge is 0.345 e. The second kappa shape index (κ2) is 9.41. The van der Waals surface area contributed by atoms with Crippen LogP contribution in [0, 0.1) is 0 Å². The van der Waals surface area contributed by atoms with Gasteiger partial charge in [-0.1, -0.05) is 30.3 Å². The Balaban J connectivity index is 1.81. The highest BCUT2D eigenvalue weighted by Crippen LogP contribution is 2.28. The number of hydrogen-bond donors (Lipinski definition) is 1. The number of nitrogens with one attached hydrogen (secondary N) is 1. The van der Waals surface area contributed by atoms with Crippen LogP contribution in [0.15, 0.2) is 77.8 Å². The molecule has 1 N–H and O–H groups in total. The molecule has 30 heavy (non-hydrogen) atoms. The van der Waals surface area contributed by atoms with Gasteiger partial charge in [0.1, 0.15) is 4.90 Å². The molecule has 0 spiro atoms. The Bertz CT molecular complexity index is 1120. The molecule has 0 unspecified atom stereocenters. The number of aldehydes is 1. The van der Waals surface area contributed by atoms with E-state index >= 15 is 0 Å². The van der Waals surface area contributed by atoms with Gasteiger partial charge in [0.15, 0.2) is 6.29 Å². The van der Waals surface area contributed by atoms with Gasteiger partial charge in [-0.15, -0.1) is 0 Å². The van der Waals surface area contributed by atoms with Crippen LogP contribution in [0.5, 0.6) is 0 Å². The summed E-state index contributed by atoms with van der Waals surface area (Å²) in [5, 5.41) is 2.70. The number of anilines is 2. The molecule has 1 aromatic heterocycles. The zero-order chi connectivity index (χ0) is 21.6. The van der Waals surface area contributed by atoms with Crippen molar-refractivity contribution < 1.29 is 18.0 Å². The van der Waals surface area contributed by atoms with Crippen LogP contribution in [0.25, 0.3) is 0 Å². The lowest BCUT2D eigenvalue weighted by Crippen LogP contribution is -2.31. The molecular weight excluding hydrogens is 402 g/mol. The van der Waals surface area contributed by atoms with Crippen LogP contribution in [0.2, 0.25) is 0 Å². The second-order valence-electron chi connectivity index (χ2n) is 6.54. The molecule has 0 aliphatic carbocycles. The molecule has 0 saturated heterocycles. The molecule has 0 bridgehead atoms. The average Bonchev–Trinajstić information content (AvgIpc) is 3.21. The Morgan fingerprint density at radius 3 is 2.43 bits per heavy atom. The fourth-order valence-electron chi connectivity index (χ4n) is 3.17. The molecule has 0 atom stereocenters. The van der Waals surface area contributed by atoms with E-state index in [0.29, 0.717) is 17.9 Å². The van der Waals surface area contributed by atoms with E-state index in [1.165, 1.54) is 10.4 Å². The minimum atomic E-state index is -3.88. The number of para-hydroxylation sites is 2. The summed E-state index contributed by atoms with van der Waals surface area (Å²) < 4.78 is 29.6. The summed E-state index contributed by atoms with van der Waals surface area (Å²) in [6, 6.07) is 18.5. The lowest BCUT2D eigenvalue weighted by molar-refractivity contribution is -0.116. The number of rotatable bonds is 9. The predicted molar refractivity (Wildman–Crippen MR) is 116 cm³/mol. The molecule has 0 radical (unpaired) electrons. The maximum absolute atomic E-state index is 13.3. The number of carbonyl (C=O) groups excluding carboxylic acids is 2. The Labute approximate surface area is 176 Å². The van der Waals surface area contributed by atoms with Crippen LogP contribution in [-0.4, -0.2) is 31.7 Å². The monoisotopic (exact) mass is 425 g/mol. The fraction of sp³-hybridized carbons (Fsp3) is 0.182. The molecule has 1 heterocycles. The maximum Gasteiger partial charge on any atom is 0.266 e. The van der Waals surface area contributed by atoms with E-state index in [0.717, 1.165) is 6.29 Å². The van der Waals surface area contributed by atoms with Crippen LogP contribution in [0.4, 0.5) is 11.4 Å². The van der Waals surface area contributed by atoms with Crippen LogP contribution >= 0.6 is 0 Å². The van der Waals surface area contributed by atoms with Crippen molar-refractivity contribution in [3.63, 3.8) is 0 Å². The van der Waals surface area contributed by atoms with E-state index in [2.05, 4.69) is 5.32 Å². The second-order valence-corrected chi connectivity index (χ2v) is 8.37. The van der Waals surface area contributed by atoms with Gasteiger partial charge in [0.05, 0.1) is 17.1 Å². The molecule has 3 aromatic rings. The average molecular weight is 426 g/mol. The lowest BCUT2D eigenvalue weighted by Gasteiger charge is -2.24. The summed E-state index contributed by atoms with van der Waals surface area (Å²) >= 11 is 0. The first kappa shape index (κ1) is 21.3. The third kappa shape index (κ3) is 4.60. The Morgan fingerprint density at radius 1 is 1.03 bits per heavy atom.